The Hall–Kier alpha value is -4.47. The lowest BCUT2D eigenvalue weighted by Crippen LogP contribution is -2.70. The van der Waals surface area contributed by atoms with Gasteiger partial charge in [0.25, 0.3) is 11.8 Å². The lowest BCUT2D eigenvalue weighted by molar-refractivity contribution is -0.153. The first-order valence-electron chi connectivity index (χ1n) is 13.4. The number of allylic oxidation sites excluding steroid dienone is 1. The van der Waals surface area contributed by atoms with Crippen molar-refractivity contribution in [3.8, 4) is 0 Å². The molecule has 0 aliphatic carbocycles. The number of benzene rings is 3. The minimum Gasteiger partial charge on any atom is -0.448 e. The van der Waals surface area contributed by atoms with Gasteiger partial charge in [-0.1, -0.05) is 84.9 Å². The zero-order valence-corrected chi connectivity index (χ0v) is 24.3. The topological polar surface area (TPSA) is 88.6 Å². The van der Waals surface area contributed by atoms with E-state index >= 15 is 0 Å². The van der Waals surface area contributed by atoms with Crippen LogP contribution in [0.4, 0.5) is 0 Å². The van der Waals surface area contributed by atoms with Crippen molar-refractivity contribution in [3.05, 3.63) is 141 Å². The number of β-lactam (4-membered cyclic amide) rings is 1. The van der Waals surface area contributed by atoms with Crippen LogP contribution in [0.1, 0.15) is 38.2 Å². The number of hydrogen-bond donors (Lipinski definition) is 1. The van der Waals surface area contributed by atoms with Crippen molar-refractivity contribution in [1.82, 2.24) is 15.2 Å². The molecule has 4 aromatic rings. The Morgan fingerprint density at radius 1 is 0.952 bits per heavy atom. The van der Waals surface area contributed by atoms with Gasteiger partial charge in [-0.2, -0.15) is 0 Å². The summed E-state index contributed by atoms with van der Waals surface area (Å²) in [7, 11) is 0. The zero-order chi connectivity index (χ0) is 29.1. The Bertz CT molecular complexity index is 1630. The Morgan fingerprint density at radius 3 is 2.17 bits per heavy atom. The van der Waals surface area contributed by atoms with Crippen LogP contribution in [0.5, 0.6) is 0 Å². The fraction of sp³-hybridized carbons (Fsp3) is 0.152. The molecule has 0 radical (unpaired) electrons. The van der Waals surface area contributed by atoms with E-state index in [1.807, 2.05) is 85.8 Å². The van der Waals surface area contributed by atoms with Crippen LogP contribution in [0.2, 0.25) is 0 Å². The Kier molecular flexibility index (Phi) is 8.03. The predicted molar refractivity (Wildman–Crippen MR) is 165 cm³/mol. The first-order chi connectivity index (χ1) is 20.5. The van der Waals surface area contributed by atoms with Crippen LogP contribution in [-0.4, -0.2) is 44.8 Å². The summed E-state index contributed by atoms with van der Waals surface area (Å²) in [6.45, 7) is 1.93. The number of fused-ring (bicyclic) bond motifs is 1. The first kappa shape index (κ1) is 27.7. The van der Waals surface area contributed by atoms with Crippen LogP contribution in [0, 0.1) is 6.92 Å². The largest absolute Gasteiger partial charge is 0.448 e. The summed E-state index contributed by atoms with van der Waals surface area (Å²) < 4.78 is 6.21. The standard InChI is InChI=1S/C33H27N3O4S2/c1-21-26(42-20-34-21)18-17-25-19-41-32-27(35-30(37)24-15-9-4-10-16-24)31(38)36(32)28(25)33(39)40-29(22-11-5-2-6-12-22)23-13-7-3-8-14-23/h2-18,20,27,29,32H,19H2,1H3,(H,35,37)/b18-17+/t27-,32-/m1/s1. The second kappa shape index (κ2) is 12.2. The third-order valence-electron chi connectivity index (χ3n) is 7.16. The van der Waals surface area contributed by atoms with E-state index < -0.39 is 23.5 Å². The molecule has 210 valence electrons. The van der Waals surface area contributed by atoms with E-state index in [4.69, 9.17) is 4.74 Å². The molecule has 9 heteroatoms. The molecule has 0 saturated carbocycles. The van der Waals surface area contributed by atoms with Crippen molar-refractivity contribution in [2.24, 2.45) is 0 Å². The normalized spacial score (nSPS) is 18.1. The van der Waals surface area contributed by atoms with Gasteiger partial charge in [0.05, 0.1) is 11.2 Å². The summed E-state index contributed by atoms with van der Waals surface area (Å²) in [5, 5.41) is 2.43. The number of rotatable bonds is 8. The second-order valence-electron chi connectivity index (χ2n) is 9.84. The Balaban J connectivity index is 1.33. The molecular formula is C33H27N3O4S2. The molecule has 1 fully saturated rings. The van der Waals surface area contributed by atoms with Crippen LogP contribution in [0.15, 0.2) is 114 Å². The third kappa shape index (κ3) is 5.53. The van der Waals surface area contributed by atoms with Crippen molar-refractivity contribution in [2.75, 3.05) is 5.75 Å². The van der Waals surface area contributed by atoms with Gasteiger partial charge in [-0.25, -0.2) is 9.78 Å². The summed E-state index contributed by atoms with van der Waals surface area (Å²) >= 11 is 3.01. The second-order valence-corrected chi connectivity index (χ2v) is 11.8. The number of thioether (sulfide) groups is 1. The summed E-state index contributed by atoms with van der Waals surface area (Å²) in [5.74, 6) is -0.812. The Morgan fingerprint density at radius 2 is 1.57 bits per heavy atom. The minimum absolute atomic E-state index is 0.198. The Labute approximate surface area is 251 Å². The van der Waals surface area contributed by atoms with Gasteiger partial charge in [0.1, 0.15) is 17.1 Å². The molecular weight excluding hydrogens is 567 g/mol. The molecule has 2 amide bonds. The maximum absolute atomic E-state index is 14.1. The van der Waals surface area contributed by atoms with E-state index in [1.54, 1.807) is 29.8 Å². The zero-order valence-electron chi connectivity index (χ0n) is 22.7. The molecule has 2 aliphatic heterocycles. The molecule has 1 N–H and O–H groups in total. The molecule has 42 heavy (non-hydrogen) atoms. The molecule has 1 aromatic heterocycles. The third-order valence-corrected chi connectivity index (χ3v) is 9.36. The smallest absolute Gasteiger partial charge is 0.356 e. The van der Waals surface area contributed by atoms with Gasteiger partial charge in [0, 0.05) is 16.2 Å². The molecule has 0 spiro atoms. The number of aryl methyl sites for hydroxylation is 1. The SMILES string of the molecule is Cc1ncsc1/C=C/C1=C(C(=O)OC(c2ccccc2)c2ccccc2)N2C(=O)[C@@H](NC(=O)c3ccccc3)[C@H]2SC1. The van der Waals surface area contributed by atoms with Crippen LogP contribution in [0.3, 0.4) is 0 Å². The molecule has 7 nitrogen and oxygen atoms in total. The maximum Gasteiger partial charge on any atom is 0.356 e. The average molecular weight is 594 g/mol. The number of thiazole rings is 1. The lowest BCUT2D eigenvalue weighted by atomic mass is 10.00. The highest BCUT2D eigenvalue weighted by Crippen LogP contribution is 2.42. The molecule has 2 aliphatic rings. The maximum atomic E-state index is 14.1. The van der Waals surface area contributed by atoms with Crippen LogP contribution >= 0.6 is 23.1 Å². The minimum atomic E-state index is -0.751. The fourth-order valence-electron chi connectivity index (χ4n) is 4.97. The van der Waals surface area contributed by atoms with Crippen molar-refractivity contribution in [3.63, 3.8) is 0 Å². The number of hydrogen-bond acceptors (Lipinski definition) is 7. The van der Waals surface area contributed by atoms with E-state index in [9.17, 15) is 14.4 Å². The highest BCUT2D eigenvalue weighted by molar-refractivity contribution is 8.00. The highest BCUT2D eigenvalue weighted by Gasteiger charge is 2.54. The molecule has 2 atom stereocenters. The van der Waals surface area contributed by atoms with Crippen LogP contribution < -0.4 is 5.32 Å². The van der Waals surface area contributed by atoms with E-state index in [1.165, 1.54) is 28.0 Å². The predicted octanol–water partition coefficient (Wildman–Crippen LogP) is 5.77. The summed E-state index contributed by atoms with van der Waals surface area (Å²) in [6.07, 6.45) is 3.12. The van der Waals surface area contributed by atoms with Crippen LogP contribution in [-0.2, 0) is 14.3 Å². The molecule has 6 rings (SSSR count). The fourth-order valence-corrected chi connectivity index (χ4v) is 6.98. The van der Waals surface area contributed by atoms with Gasteiger partial charge in [0.15, 0.2) is 6.10 Å². The van der Waals surface area contributed by atoms with Crippen molar-refractivity contribution < 1.29 is 19.1 Å². The van der Waals surface area contributed by atoms with Crippen molar-refractivity contribution in [2.45, 2.75) is 24.4 Å². The number of carbonyl (C=O) groups excluding carboxylic acids is 3. The quantitative estimate of drug-likeness (QED) is 0.206. The van der Waals surface area contributed by atoms with Gasteiger partial charge in [0.2, 0.25) is 0 Å². The molecule has 3 aromatic carbocycles. The highest BCUT2D eigenvalue weighted by atomic mass is 32.2. The van der Waals surface area contributed by atoms with Gasteiger partial charge < -0.3 is 10.1 Å². The monoisotopic (exact) mass is 593 g/mol. The number of amides is 2. The van der Waals surface area contributed by atoms with Crippen molar-refractivity contribution >= 4 is 47.0 Å². The average Bonchev–Trinajstić information content (AvgIpc) is 3.46. The first-order valence-corrected chi connectivity index (χ1v) is 15.4. The van der Waals surface area contributed by atoms with Crippen molar-refractivity contribution in [1.29, 1.82) is 0 Å². The number of carbonyl (C=O) groups is 3. The number of ether oxygens (including phenoxy) is 1. The van der Waals surface area contributed by atoms with E-state index in [2.05, 4.69) is 10.3 Å². The molecule has 0 bridgehead atoms. The van der Waals surface area contributed by atoms with Gasteiger partial charge in [-0.3, -0.25) is 14.5 Å². The summed E-state index contributed by atoms with van der Waals surface area (Å²) in [5.41, 5.74) is 5.64. The van der Waals surface area contributed by atoms with Gasteiger partial charge >= 0.3 is 5.97 Å². The van der Waals surface area contributed by atoms with E-state index in [0.29, 0.717) is 16.9 Å². The summed E-state index contributed by atoms with van der Waals surface area (Å²) in [4.78, 5) is 47.2. The number of aromatic nitrogens is 1. The lowest BCUT2D eigenvalue weighted by Gasteiger charge is -2.49. The molecule has 1 saturated heterocycles. The van der Waals surface area contributed by atoms with E-state index in [-0.39, 0.29) is 17.5 Å². The number of esters is 1. The molecule has 3 heterocycles. The van der Waals surface area contributed by atoms with Gasteiger partial charge in [-0.05, 0) is 41.8 Å². The number of nitrogens with one attached hydrogen (secondary N) is 1. The summed E-state index contributed by atoms with van der Waals surface area (Å²) in [6, 6.07) is 27.1. The van der Waals surface area contributed by atoms with Gasteiger partial charge in [-0.15, -0.1) is 23.1 Å². The van der Waals surface area contributed by atoms with Crippen LogP contribution in [0.25, 0.3) is 6.08 Å². The van der Waals surface area contributed by atoms with E-state index in [0.717, 1.165) is 21.7 Å². The number of nitrogens with zero attached hydrogens (tertiary/aromatic N) is 2. The molecule has 0 unspecified atom stereocenters.